The standard InChI is InChI=1S/C11H20N2O2S/c1-9-10(8-12-5-7-15-3)16-11(13-9)4-6-14-2/h12H,4-8H2,1-3H3. The van der Waals surface area contributed by atoms with Gasteiger partial charge in [-0.1, -0.05) is 0 Å². The molecule has 0 spiro atoms. The number of aromatic nitrogens is 1. The molecule has 0 fully saturated rings. The van der Waals surface area contributed by atoms with Gasteiger partial charge in [0, 0.05) is 38.6 Å². The van der Waals surface area contributed by atoms with Gasteiger partial charge in [-0.2, -0.15) is 0 Å². The summed E-state index contributed by atoms with van der Waals surface area (Å²) in [5.41, 5.74) is 1.13. The predicted molar refractivity (Wildman–Crippen MR) is 66.0 cm³/mol. The van der Waals surface area contributed by atoms with Crippen LogP contribution in [-0.2, 0) is 22.4 Å². The number of thiazole rings is 1. The van der Waals surface area contributed by atoms with Crippen molar-refractivity contribution in [3.63, 3.8) is 0 Å². The van der Waals surface area contributed by atoms with E-state index in [4.69, 9.17) is 9.47 Å². The minimum absolute atomic E-state index is 0.740. The van der Waals surface area contributed by atoms with Gasteiger partial charge < -0.3 is 14.8 Å². The zero-order chi connectivity index (χ0) is 11.8. The van der Waals surface area contributed by atoms with Gasteiger partial charge in [0.05, 0.1) is 23.9 Å². The maximum Gasteiger partial charge on any atom is 0.0954 e. The predicted octanol–water partition coefficient (Wildman–Crippen LogP) is 1.38. The van der Waals surface area contributed by atoms with Crippen molar-refractivity contribution in [1.29, 1.82) is 0 Å². The molecule has 0 saturated heterocycles. The molecule has 1 rings (SSSR count). The van der Waals surface area contributed by atoms with Crippen molar-refractivity contribution in [2.45, 2.75) is 19.9 Å². The number of methoxy groups -OCH3 is 2. The maximum atomic E-state index is 5.04. The van der Waals surface area contributed by atoms with Crippen LogP contribution in [0.5, 0.6) is 0 Å². The molecule has 0 aromatic carbocycles. The van der Waals surface area contributed by atoms with E-state index in [9.17, 15) is 0 Å². The molecule has 4 nitrogen and oxygen atoms in total. The molecule has 0 unspecified atom stereocenters. The fourth-order valence-electron chi connectivity index (χ4n) is 1.32. The van der Waals surface area contributed by atoms with E-state index in [0.717, 1.165) is 43.4 Å². The quantitative estimate of drug-likeness (QED) is 0.702. The van der Waals surface area contributed by atoms with Gasteiger partial charge in [0.15, 0.2) is 0 Å². The normalized spacial score (nSPS) is 10.9. The SMILES string of the molecule is COCCNCc1sc(CCOC)nc1C. The molecule has 0 bridgehead atoms. The summed E-state index contributed by atoms with van der Waals surface area (Å²) in [7, 11) is 3.43. The zero-order valence-corrected chi connectivity index (χ0v) is 11.0. The summed E-state index contributed by atoms with van der Waals surface area (Å²) in [4.78, 5) is 5.82. The van der Waals surface area contributed by atoms with Crippen LogP contribution in [0.25, 0.3) is 0 Å². The summed E-state index contributed by atoms with van der Waals surface area (Å²) in [6, 6.07) is 0. The fraction of sp³-hybridized carbons (Fsp3) is 0.727. The Morgan fingerprint density at radius 3 is 2.69 bits per heavy atom. The molecule has 1 heterocycles. The third-order valence-electron chi connectivity index (χ3n) is 2.23. The lowest BCUT2D eigenvalue weighted by Crippen LogP contribution is -2.18. The second kappa shape index (κ2) is 7.73. The summed E-state index contributed by atoms with van der Waals surface area (Å²) in [5.74, 6) is 0. The van der Waals surface area contributed by atoms with E-state index >= 15 is 0 Å². The van der Waals surface area contributed by atoms with Gasteiger partial charge in [0.1, 0.15) is 0 Å². The highest BCUT2D eigenvalue weighted by atomic mass is 32.1. The van der Waals surface area contributed by atoms with Crippen LogP contribution >= 0.6 is 11.3 Å². The molecule has 0 aliphatic carbocycles. The largest absolute Gasteiger partial charge is 0.384 e. The van der Waals surface area contributed by atoms with Gasteiger partial charge in [-0.25, -0.2) is 4.98 Å². The number of nitrogens with zero attached hydrogens (tertiary/aromatic N) is 1. The van der Waals surface area contributed by atoms with Crippen molar-refractivity contribution < 1.29 is 9.47 Å². The fourth-order valence-corrected chi connectivity index (χ4v) is 2.34. The molecule has 0 radical (unpaired) electrons. The Bertz CT molecular complexity index is 302. The number of aryl methyl sites for hydroxylation is 1. The molecule has 92 valence electrons. The first-order valence-corrected chi connectivity index (χ1v) is 6.23. The first-order chi connectivity index (χ1) is 7.77. The minimum Gasteiger partial charge on any atom is -0.384 e. The van der Waals surface area contributed by atoms with E-state index in [0.29, 0.717) is 0 Å². The number of rotatable bonds is 8. The van der Waals surface area contributed by atoms with Crippen LogP contribution in [0.4, 0.5) is 0 Å². The van der Waals surface area contributed by atoms with Gasteiger partial charge in [-0.15, -0.1) is 11.3 Å². The molecular formula is C11H20N2O2S. The van der Waals surface area contributed by atoms with E-state index in [1.807, 2.05) is 0 Å². The highest BCUT2D eigenvalue weighted by Crippen LogP contribution is 2.18. The molecule has 1 N–H and O–H groups in total. The third-order valence-corrected chi connectivity index (χ3v) is 3.44. The van der Waals surface area contributed by atoms with Gasteiger partial charge in [-0.05, 0) is 6.92 Å². The van der Waals surface area contributed by atoms with Crippen LogP contribution in [-0.4, -0.2) is 39.0 Å². The molecule has 0 saturated carbocycles. The first-order valence-electron chi connectivity index (χ1n) is 5.41. The Labute approximate surface area is 101 Å². The van der Waals surface area contributed by atoms with Gasteiger partial charge in [-0.3, -0.25) is 0 Å². The lowest BCUT2D eigenvalue weighted by Gasteiger charge is -2.01. The van der Waals surface area contributed by atoms with E-state index in [1.54, 1.807) is 25.6 Å². The smallest absolute Gasteiger partial charge is 0.0954 e. The molecule has 1 aromatic heterocycles. The molecular weight excluding hydrogens is 224 g/mol. The van der Waals surface area contributed by atoms with Crippen LogP contribution in [0.2, 0.25) is 0 Å². The average Bonchev–Trinajstić information content (AvgIpc) is 2.63. The van der Waals surface area contributed by atoms with Crippen LogP contribution in [0.1, 0.15) is 15.6 Å². The summed E-state index contributed by atoms with van der Waals surface area (Å²) >= 11 is 1.76. The minimum atomic E-state index is 0.740. The first kappa shape index (κ1) is 13.6. The molecule has 0 aliphatic rings. The number of hydrogen-bond acceptors (Lipinski definition) is 5. The number of hydrogen-bond donors (Lipinski definition) is 1. The third kappa shape index (κ3) is 4.57. The molecule has 0 atom stereocenters. The Kier molecular flexibility index (Phi) is 6.56. The Balaban J connectivity index is 2.37. The summed E-state index contributed by atoms with van der Waals surface area (Å²) < 4.78 is 10.0. The van der Waals surface area contributed by atoms with Gasteiger partial charge >= 0.3 is 0 Å². The highest BCUT2D eigenvalue weighted by molar-refractivity contribution is 7.11. The van der Waals surface area contributed by atoms with E-state index in [-0.39, 0.29) is 0 Å². The van der Waals surface area contributed by atoms with Crippen molar-refractivity contribution in [3.05, 3.63) is 15.6 Å². The van der Waals surface area contributed by atoms with Crippen molar-refractivity contribution in [2.24, 2.45) is 0 Å². The Morgan fingerprint density at radius 1 is 1.25 bits per heavy atom. The zero-order valence-electron chi connectivity index (χ0n) is 10.2. The summed E-state index contributed by atoms with van der Waals surface area (Å²) in [5, 5.41) is 4.48. The van der Waals surface area contributed by atoms with E-state index in [2.05, 4.69) is 17.2 Å². The monoisotopic (exact) mass is 244 g/mol. The molecule has 5 heteroatoms. The highest BCUT2D eigenvalue weighted by Gasteiger charge is 2.06. The van der Waals surface area contributed by atoms with Crippen LogP contribution in [0, 0.1) is 6.92 Å². The second-order valence-electron chi connectivity index (χ2n) is 3.53. The van der Waals surface area contributed by atoms with Crippen LogP contribution in [0.3, 0.4) is 0 Å². The van der Waals surface area contributed by atoms with E-state index in [1.165, 1.54) is 4.88 Å². The summed E-state index contributed by atoms with van der Waals surface area (Å²) in [6.07, 6.45) is 0.903. The van der Waals surface area contributed by atoms with Crippen LogP contribution in [0.15, 0.2) is 0 Å². The maximum absolute atomic E-state index is 5.04. The topological polar surface area (TPSA) is 43.4 Å². The average molecular weight is 244 g/mol. The molecule has 0 aliphatic heterocycles. The van der Waals surface area contributed by atoms with Crippen molar-refractivity contribution in [2.75, 3.05) is 34.0 Å². The number of nitrogens with one attached hydrogen (secondary N) is 1. The number of ether oxygens (including phenoxy) is 2. The van der Waals surface area contributed by atoms with Crippen molar-refractivity contribution >= 4 is 11.3 Å². The lowest BCUT2D eigenvalue weighted by atomic mass is 10.4. The van der Waals surface area contributed by atoms with Gasteiger partial charge in [0.2, 0.25) is 0 Å². The Hall–Kier alpha value is -0.490. The lowest BCUT2D eigenvalue weighted by molar-refractivity contribution is 0.199. The van der Waals surface area contributed by atoms with Crippen LogP contribution < -0.4 is 5.32 Å². The van der Waals surface area contributed by atoms with Gasteiger partial charge in [0.25, 0.3) is 0 Å². The summed E-state index contributed by atoms with van der Waals surface area (Å²) in [6.45, 7) is 5.29. The second-order valence-corrected chi connectivity index (χ2v) is 4.70. The molecule has 0 amide bonds. The molecule has 1 aromatic rings. The van der Waals surface area contributed by atoms with E-state index < -0.39 is 0 Å². The Morgan fingerprint density at radius 2 is 2.00 bits per heavy atom. The molecule has 16 heavy (non-hydrogen) atoms. The van der Waals surface area contributed by atoms with Crippen molar-refractivity contribution in [3.8, 4) is 0 Å². The van der Waals surface area contributed by atoms with Crippen molar-refractivity contribution in [1.82, 2.24) is 10.3 Å².